The van der Waals surface area contributed by atoms with E-state index in [9.17, 15) is 5.11 Å². The first kappa shape index (κ1) is 29.5. The van der Waals surface area contributed by atoms with E-state index in [4.69, 9.17) is 61.4 Å². The van der Waals surface area contributed by atoms with E-state index in [1.54, 1.807) is 72.8 Å². The van der Waals surface area contributed by atoms with E-state index in [0.29, 0.717) is 31.6 Å². The van der Waals surface area contributed by atoms with E-state index in [1.807, 2.05) is 24.3 Å². The maximum absolute atomic E-state index is 9.38. The van der Waals surface area contributed by atoms with Gasteiger partial charge in [-0.1, -0.05) is 75.8 Å². The molecule has 0 fully saturated rings. The van der Waals surface area contributed by atoms with Gasteiger partial charge in [-0.05, 0) is 89.5 Å². The molecular formula is C28H23Cl4N3O3. The Hall–Kier alpha value is -3.09. The Kier molecular flexibility index (Phi) is 11.9. The molecule has 0 amide bonds. The average Bonchev–Trinajstić information content (AvgIpc) is 2.93. The first-order chi connectivity index (χ1) is 18.4. The Morgan fingerprint density at radius 3 is 1.32 bits per heavy atom. The van der Waals surface area contributed by atoms with E-state index in [0.717, 1.165) is 11.1 Å². The predicted molar refractivity (Wildman–Crippen MR) is 154 cm³/mol. The van der Waals surface area contributed by atoms with Crippen LogP contribution < -0.4 is 9.47 Å². The number of hydrogen-bond acceptors (Lipinski definition) is 4. The molecule has 0 radical (unpaired) electrons. The third-order valence-electron chi connectivity index (χ3n) is 5.14. The second-order valence-electron chi connectivity index (χ2n) is 7.82. The van der Waals surface area contributed by atoms with E-state index < -0.39 is 6.10 Å². The monoisotopic (exact) mass is 589 g/mol. The van der Waals surface area contributed by atoms with Gasteiger partial charge in [0.05, 0.1) is 13.2 Å². The van der Waals surface area contributed by atoms with E-state index in [2.05, 4.69) is 10.0 Å². The summed E-state index contributed by atoms with van der Waals surface area (Å²) in [5.74, 6) is 1.32. The summed E-state index contributed by atoms with van der Waals surface area (Å²) in [6.45, 7) is 0.0883. The summed E-state index contributed by atoms with van der Waals surface area (Å²) in [5.41, 5.74) is 10.2. The minimum atomic E-state index is -0.413. The Morgan fingerprint density at radius 1 is 0.605 bits per heavy atom. The van der Waals surface area contributed by atoms with Gasteiger partial charge >= 0.3 is 0 Å². The molecule has 38 heavy (non-hydrogen) atoms. The summed E-state index contributed by atoms with van der Waals surface area (Å²) >= 11 is 23.3. The Morgan fingerprint density at radius 2 is 0.947 bits per heavy atom. The number of benzene rings is 4. The van der Waals surface area contributed by atoms with Gasteiger partial charge < -0.3 is 14.6 Å². The molecule has 4 aromatic rings. The maximum atomic E-state index is 9.38. The number of azide groups is 1. The maximum Gasteiger partial charge on any atom is 0.147 e. The number of nitrogens with zero attached hydrogens (tertiary/aromatic N) is 3. The molecule has 2 unspecified atom stereocenters. The van der Waals surface area contributed by atoms with Gasteiger partial charge in [-0.25, -0.2) is 0 Å². The van der Waals surface area contributed by atoms with Crippen molar-refractivity contribution < 1.29 is 14.6 Å². The SMILES string of the molecule is OCC(Oc1ccc(Cl)cc1)c1ccc(Cl)cc1.[N-]=[N+]=NCC(Oc1ccc(Cl)cc1)c1ccc(Cl)cc1. The number of ether oxygens (including phenoxy) is 2. The zero-order valence-corrected chi connectivity index (χ0v) is 22.9. The molecule has 0 spiro atoms. The van der Waals surface area contributed by atoms with Crippen LogP contribution in [-0.4, -0.2) is 18.3 Å². The van der Waals surface area contributed by atoms with Gasteiger partial charge in [-0.3, -0.25) is 0 Å². The fourth-order valence-corrected chi connectivity index (χ4v) is 3.75. The molecule has 2 atom stereocenters. The largest absolute Gasteiger partial charge is 0.486 e. The Bertz CT molecular complexity index is 1310. The van der Waals surface area contributed by atoms with Crippen molar-refractivity contribution in [3.63, 3.8) is 0 Å². The summed E-state index contributed by atoms with van der Waals surface area (Å²) in [7, 11) is 0. The van der Waals surface area contributed by atoms with E-state index in [-0.39, 0.29) is 19.3 Å². The second kappa shape index (κ2) is 15.4. The lowest BCUT2D eigenvalue weighted by molar-refractivity contribution is 0.116. The molecule has 0 saturated carbocycles. The molecule has 1 N–H and O–H groups in total. The highest BCUT2D eigenvalue weighted by Crippen LogP contribution is 2.26. The van der Waals surface area contributed by atoms with Crippen LogP contribution in [-0.2, 0) is 0 Å². The Balaban J connectivity index is 0.000000212. The van der Waals surface area contributed by atoms with Gasteiger partial charge in [0.25, 0.3) is 0 Å². The molecule has 6 nitrogen and oxygen atoms in total. The third-order valence-corrected chi connectivity index (χ3v) is 6.15. The van der Waals surface area contributed by atoms with Gasteiger partial charge in [0, 0.05) is 25.0 Å². The van der Waals surface area contributed by atoms with Crippen molar-refractivity contribution in [2.24, 2.45) is 5.11 Å². The van der Waals surface area contributed by atoms with Crippen LogP contribution in [0.15, 0.2) is 102 Å². The predicted octanol–water partition coefficient (Wildman–Crippen LogP) is 9.53. The molecule has 10 heteroatoms. The standard InChI is InChI=1S/C14H11Cl2N3O.C14H12Cl2O2/c15-11-3-1-10(2-4-11)14(9-18-19-17)20-13-7-5-12(16)6-8-13;15-11-3-1-10(2-4-11)14(9-17)18-13-7-5-12(16)6-8-13/h1-8,14H,9H2;1-8,14,17H,9H2. The molecule has 0 aromatic heterocycles. The smallest absolute Gasteiger partial charge is 0.147 e. The minimum absolute atomic E-state index is 0.107. The van der Waals surface area contributed by atoms with Gasteiger partial charge in [0.2, 0.25) is 0 Å². The Labute approximate surface area is 240 Å². The van der Waals surface area contributed by atoms with Crippen molar-refractivity contribution in [3.05, 3.63) is 139 Å². The van der Waals surface area contributed by atoms with Crippen LogP contribution in [0.25, 0.3) is 10.4 Å². The molecule has 0 aliphatic carbocycles. The molecule has 0 heterocycles. The van der Waals surface area contributed by atoms with Crippen molar-refractivity contribution in [3.8, 4) is 11.5 Å². The highest BCUT2D eigenvalue weighted by Gasteiger charge is 2.13. The number of aliphatic hydroxyl groups excluding tert-OH is 1. The molecule has 0 aliphatic heterocycles. The van der Waals surface area contributed by atoms with Crippen LogP contribution in [0.1, 0.15) is 23.3 Å². The van der Waals surface area contributed by atoms with Gasteiger partial charge in [-0.15, -0.1) is 0 Å². The number of rotatable bonds is 9. The van der Waals surface area contributed by atoms with Crippen LogP contribution in [0.3, 0.4) is 0 Å². The van der Waals surface area contributed by atoms with Crippen molar-refractivity contribution in [1.29, 1.82) is 0 Å². The van der Waals surface area contributed by atoms with Gasteiger partial charge in [0.1, 0.15) is 23.7 Å². The molecule has 196 valence electrons. The number of aliphatic hydroxyl groups is 1. The second-order valence-corrected chi connectivity index (χ2v) is 9.57. The van der Waals surface area contributed by atoms with Crippen LogP contribution in [0.4, 0.5) is 0 Å². The minimum Gasteiger partial charge on any atom is -0.486 e. The number of halogens is 4. The van der Waals surface area contributed by atoms with E-state index >= 15 is 0 Å². The van der Waals surface area contributed by atoms with Crippen LogP contribution in [0.5, 0.6) is 11.5 Å². The molecule has 4 rings (SSSR count). The summed E-state index contributed by atoms with van der Waals surface area (Å²) in [5, 5.41) is 15.5. The van der Waals surface area contributed by atoms with Crippen molar-refractivity contribution >= 4 is 46.4 Å². The van der Waals surface area contributed by atoms with E-state index in [1.165, 1.54) is 0 Å². The van der Waals surface area contributed by atoms with Gasteiger partial charge in [0.15, 0.2) is 0 Å². The lowest BCUT2D eigenvalue weighted by Crippen LogP contribution is -2.11. The van der Waals surface area contributed by atoms with Crippen molar-refractivity contribution in [1.82, 2.24) is 0 Å². The van der Waals surface area contributed by atoms with Gasteiger partial charge in [-0.2, -0.15) is 0 Å². The molecule has 0 aliphatic rings. The molecular weight excluding hydrogens is 568 g/mol. The first-order valence-corrected chi connectivity index (χ1v) is 12.9. The normalized spacial score (nSPS) is 11.8. The zero-order chi connectivity index (χ0) is 27.3. The summed E-state index contributed by atoms with van der Waals surface area (Å²) in [4.78, 5) is 2.77. The van der Waals surface area contributed by atoms with Crippen LogP contribution in [0, 0.1) is 0 Å². The molecule has 4 aromatic carbocycles. The molecule has 0 saturated heterocycles. The van der Waals surface area contributed by atoms with Crippen molar-refractivity contribution in [2.45, 2.75) is 12.2 Å². The lowest BCUT2D eigenvalue weighted by atomic mass is 10.1. The van der Waals surface area contributed by atoms with Crippen LogP contribution >= 0.6 is 46.4 Å². The lowest BCUT2D eigenvalue weighted by Gasteiger charge is -2.18. The summed E-state index contributed by atoms with van der Waals surface area (Å²) in [6.07, 6.45) is -0.784. The van der Waals surface area contributed by atoms with Crippen LogP contribution in [0.2, 0.25) is 20.1 Å². The quantitative estimate of drug-likeness (QED) is 0.120. The summed E-state index contributed by atoms with van der Waals surface area (Å²) in [6, 6.07) is 28.5. The van der Waals surface area contributed by atoms with Crippen molar-refractivity contribution in [2.75, 3.05) is 13.2 Å². The topological polar surface area (TPSA) is 87.5 Å². The fourth-order valence-electron chi connectivity index (χ4n) is 3.24. The first-order valence-electron chi connectivity index (χ1n) is 11.3. The third kappa shape index (κ3) is 9.66. The number of hydrogen-bond donors (Lipinski definition) is 1. The zero-order valence-electron chi connectivity index (χ0n) is 19.9. The molecule has 0 bridgehead atoms. The highest BCUT2D eigenvalue weighted by molar-refractivity contribution is 6.31. The summed E-state index contributed by atoms with van der Waals surface area (Å²) < 4.78 is 11.5. The fraction of sp³-hybridized carbons (Fsp3) is 0.143. The average molecular weight is 591 g/mol. The highest BCUT2D eigenvalue weighted by atomic mass is 35.5.